The third kappa shape index (κ3) is 2.68. The number of carbonyl (C=O) groups is 2. The van der Waals surface area contributed by atoms with Gasteiger partial charge in [-0.2, -0.15) is 0 Å². The Morgan fingerprint density at radius 3 is 2.60 bits per heavy atom. The number of aliphatic carboxylic acids is 1. The van der Waals surface area contributed by atoms with Crippen LogP contribution in [0.5, 0.6) is 11.5 Å². The third-order valence-electron chi connectivity index (χ3n) is 3.45. The van der Waals surface area contributed by atoms with Crippen LogP contribution in [0.4, 0.5) is 5.69 Å². The number of methoxy groups -OCH3 is 2. The molecule has 0 saturated heterocycles. The number of hydrogen-bond donors (Lipinski definition) is 2. The second-order valence-corrected chi connectivity index (χ2v) is 4.65. The molecule has 108 valence electrons. The van der Waals surface area contributed by atoms with Gasteiger partial charge in [0.15, 0.2) is 0 Å². The summed E-state index contributed by atoms with van der Waals surface area (Å²) in [4.78, 5) is 22.7. The van der Waals surface area contributed by atoms with E-state index in [1.165, 1.54) is 7.11 Å². The maximum atomic E-state index is 12.0. The Balaban J connectivity index is 2.31. The first-order valence-electron chi connectivity index (χ1n) is 6.33. The second kappa shape index (κ2) is 5.81. The number of rotatable bonds is 5. The van der Waals surface area contributed by atoms with Crippen molar-refractivity contribution in [3.05, 3.63) is 17.7 Å². The van der Waals surface area contributed by atoms with Gasteiger partial charge in [0.25, 0.3) is 0 Å². The predicted octanol–water partition coefficient (Wildman–Crippen LogP) is 1.68. The Hall–Kier alpha value is -2.24. The summed E-state index contributed by atoms with van der Waals surface area (Å²) in [5, 5.41) is 11.5. The smallest absolute Gasteiger partial charge is 0.303 e. The number of benzene rings is 1. The molecule has 6 heteroatoms. The zero-order valence-electron chi connectivity index (χ0n) is 11.4. The van der Waals surface area contributed by atoms with Crippen molar-refractivity contribution < 1.29 is 24.2 Å². The zero-order chi connectivity index (χ0) is 14.7. The van der Waals surface area contributed by atoms with Crippen LogP contribution in [0, 0.1) is 5.92 Å². The highest BCUT2D eigenvalue weighted by Crippen LogP contribution is 2.40. The van der Waals surface area contributed by atoms with Gasteiger partial charge in [0.1, 0.15) is 11.5 Å². The molecule has 1 heterocycles. The molecule has 1 unspecified atom stereocenters. The maximum absolute atomic E-state index is 12.0. The van der Waals surface area contributed by atoms with Crippen molar-refractivity contribution in [2.45, 2.75) is 19.3 Å². The SMILES string of the molecule is COc1ccc(OC)c2c1CC(CCC(=O)O)C(=O)N2. The first kappa shape index (κ1) is 14.2. The summed E-state index contributed by atoms with van der Waals surface area (Å²) in [5.74, 6) is -0.196. The molecule has 0 aliphatic carbocycles. The van der Waals surface area contributed by atoms with Gasteiger partial charge in [0, 0.05) is 17.9 Å². The highest BCUT2D eigenvalue weighted by atomic mass is 16.5. The molecular weight excluding hydrogens is 262 g/mol. The molecular formula is C14H17NO5. The fraction of sp³-hybridized carbons (Fsp3) is 0.429. The van der Waals surface area contributed by atoms with Crippen LogP contribution in [0.25, 0.3) is 0 Å². The number of hydrogen-bond acceptors (Lipinski definition) is 4. The standard InChI is InChI=1S/C14H17NO5/c1-19-10-4-5-11(20-2)13-9(10)7-8(14(18)15-13)3-6-12(16)17/h4-5,8H,3,6-7H2,1-2H3,(H,15,18)(H,16,17). The normalized spacial score (nSPS) is 17.1. The molecule has 6 nitrogen and oxygen atoms in total. The number of amides is 1. The van der Waals surface area contributed by atoms with E-state index in [1.54, 1.807) is 19.2 Å². The minimum Gasteiger partial charge on any atom is -0.496 e. The lowest BCUT2D eigenvalue weighted by Gasteiger charge is -2.27. The molecule has 20 heavy (non-hydrogen) atoms. The minimum atomic E-state index is -0.902. The fourth-order valence-corrected chi connectivity index (χ4v) is 2.40. The van der Waals surface area contributed by atoms with Crippen LogP contribution >= 0.6 is 0 Å². The van der Waals surface area contributed by atoms with Crippen LogP contribution in [0.1, 0.15) is 18.4 Å². The van der Waals surface area contributed by atoms with Crippen molar-refractivity contribution in [3.8, 4) is 11.5 Å². The molecule has 1 aromatic rings. The third-order valence-corrected chi connectivity index (χ3v) is 3.45. The summed E-state index contributed by atoms with van der Waals surface area (Å²) in [6.45, 7) is 0. The summed E-state index contributed by atoms with van der Waals surface area (Å²) in [6, 6.07) is 3.51. The van der Waals surface area contributed by atoms with Gasteiger partial charge in [0.05, 0.1) is 19.9 Å². The number of ether oxygens (including phenoxy) is 2. The van der Waals surface area contributed by atoms with Crippen molar-refractivity contribution in [3.63, 3.8) is 0 Å². The molecule has 0 saturated carbocycles. The van der Waals surface area contributed by atoms with Gasteiger partial charge in [-0.25, -0.2) is 0 Å². The fourth-order valence-electron chi connectivity index (χ4n) is 2.40. The Kier molecular flexibility index (Phi) is 4.12. The van der Waals surface area contributed by atoms with Gasteiger partial charge in [-0.05, 0) is 25.0 Å². The van der Waals surface area contributed by atoms with Crippen LogP contribution in [-0.2, 0) is 16.0 Å². The van der Waals surface area contributed by atoms with Gasteiger partial charge in [-0.3, -0.25) is 9.59 Å². The first-order valence-corrected chi connectivity index (χ1v) is 6.33. The van der Waals surface area contributed by atoms with E-state index in [1.807, 2.05) is 0 Å². The van der Waals surface area contributed by atoms with E-state index in [0.717, 1.165) is 5.56 Å². The Morgan fingerprint density at radius 2 is 2.00 bits per heavy atom. The average molecular weight is 279 g/mol. The van der Waals surface area contributed by atoms with Crippen LogP contribution < -0.4 is 14.8 Å². The Bertz CT molecular complexity index is 541. The quantitative estimate of drug-likeness (QED) is 0.856. The van der Waals surface area contributed by atoms with Crippen molar-refractivity contribution >= 4 is 17.6 Å². The number of anilines is 1. The zero-order valence-corrected chi connectivity index (χ0v) is 11.4. The highest BCUT2D eigenvalue weighted by molar-refractivity contribution is 5.98. The maximum Gasteiger partial charge on any atom is 0.303 e. The highest BCUT2D eigenvalue weighted by Gasteiger charge is 2.30. The molecule has 0 bridgehead atoms. The number of carbonyl (C=O) groups excluding carboxylic acids is 1. The summed E-state index contributed by atoms with van der Waals surface area (Å²) in [7, 11) is 3.09. The van der Waals surface area contributed by atoms with Crippen LogP contribution in [0.2, 0.25) is 0 Å². The molecule has 2 rings (SSSR count). The van der Waals surface area contributed by atoms with Crippen molar-refractivity contribution in [2.24, 2.45) is 5.92 Å². The monoisotopic (exact) mass is 279 g/mol. The van der Waals surface area contributed by atoms with Crippen LogP contribution in [0.3, 0.4) is 0 Å². The second-order valence-electron chi connectivity index (χ2n) is 4.65. The molecule has 0 spiro atoms. The molecule has 2 N–H and O–H groups in total. The molecule has 1 aromatic carbocycles. The lowest BCUT2D eigenvalue weighted by molar-refractivity contribution is -0.137. The van der Waals surface area contributed by atoms with Crippen molar-refractivity contribution in [2.75, 3.05) is 19.5 Å². The first-order chi connectivity index (χ1) is 9.56. The van der Waals surface area contributed by atoms with Gasteiger partial charge >= 0.3 is 5.97 Å². The summed E-state index contributed by atoms with van der Waals surface area (Å²) in [6.07, 6.45) is 0.732. The van der Waals surface area contributed by atoms with E-state index < -0.39 is 5.97 Å². The number of fused-ring (bicyclic) bond motifs is 1. The lowest BCUT2D eigenvalue weighted by Crippen LogP contribution is -2.31. The van der Waals surface area contributed by atoms with Gasteiger partial charge in [-0.1, -0.05) is 0 Å². The molecule has 0 aromatic heterocycles. The van der Waals surface area contributed by atoms with Crippen LogP contribution in [0.15, 0.2) is 12.1 Å². The van der Waals surface area contributed by atoms with Gasteiger partial charge in [-0.15, -0.1) is 0 Å². The van der Waals surface area contributed by atoms with E-state index in [9.17, 15) is 9.59 Å². The van der Waals surface area contributed by atoms with E-state index in [4.69, 9.17) is 14.6 Å². The summed E-state index contributed by atoms with van der Waals surface area (Å²) < 4.78 is 10.5. The molecule has 1 amide bonds. The summed E-state index contributed by atoms with van der Waals surface area (Å²) in [5.41, 5.74) is 1.46. The van der Waals surface area contributed by atoms with E-state index >= 15 is 0 Å². The lowest BCUT2D eigenvalue weighted by atomic mass is 9.89. The Morgan fingerprint density at radius 1 is 1.35 bits per heavy atom. The van der Waals surface area contributed by atoms with E-state index in [2.05, 4.69) is 5.32 Å². The minimum absolute atomic E-state index is 0.0281. The number of carboxylic acids is 1. The molecule has 1 atom stereocenters. The van der Waals surface area contributed by atoms with Crippen molar-refractivity contribution in [1.29, 1.82) is 0 Å². The van der Waals surface area contributed by atoms with Crippen LogP contribution in [-0.4, -0.2) is 31.2 Å². The Labute approximate surface area is 116 Å². The summed E-state index contributed by atoms with van der Waals surface area (Å²) >= 11 is 0. The van der Waals surface area contributed by atoms with E-state index in [-0.39, 0.29) is 18.2 Å². The van der Waals surface area contributed by atoms with Gasteiger partial charge in [0.2, 0.25) is 5.91 Å². The molecule has 1 aliphatic rings. The number of carboxylic acid groups (broad SMARTS) is 1. The topological polar surface area (TPSA) is 84.9 Å². The molecule has 0 radical (unpaired) electrons. The van der Waals surface area contributed by atoms with E-state index in [0.29, 0.717) is 30.0 Å². The molecule has 1 aliphatic heterocycles. The predicted molar refractivity (Wildman–Crippen MR) is 72.2 cm³/mol. The largest absolute Gasteiger partial charge is 0.496 e. The average Bonchev–Trinajstić information content (AvgIpc) is 2.43. The van der Waals surface area contributed by atoms with Crippen molar-refractivity contribution in [1.82, 2.24) is 0 Å². The van der Waals surface area contributed by atoms with Gasteiger partial charge < -0.3 is 19.9 Å². The number of nitrogens with one attached hydrogen (secondary N) is 1. The molecule has 0 fully saturated rings.